The lowest BCUT2D eigenvalue weighted by molar-refractivity contribution is -0.120. The Morgan fingerprint density at radius 3 is 2.18 bits per heavy atom. The Bertz CT molecular complexity index is 135. The van der Waals surface area contributed by atoms with E-state index in [2.05, 4.69) is 26.1 Å². The molecule has 1 N–H and O–H groups in total. The van der Waals surface area contributed by atoms with Gasteiger partial charge in [-0.3, -0.25) is 4.79 Å². The van der Waals surface area contributed by atoms with Crippen molar-refractivity contribution in [2.75, 3.05) is 6.54 Å². The van der Waals surface area contributed by atoms with Crippen LogP contribution in [0.2, 0.25) is 0 Å². The number of carbonyl (C=O) groups excluding carboxylic acids is 1. The summed E-state index contributed by atoms with van der Waals surface area (Å²) >= 11 is 0. The molecule has 0 saturated heterocycles. The van der Waals surface area contributed by atoms with Gasteiger partial charge >= 0.3 is 0 Å². The van der Waals surface area contributed by atoms with E-state index < -0.39 is 0 Å². The summed E-state index contributed by atoms with van der Waals surface area (Å²) in [7, 11) is 0. The highest BCUT2D eigenvalue weighted by molar-refractivity contribution is 5.78. The van der Waals surface area contributed by atoms with E-state index in [1.54, 1.807) is 6.92 Å². The number of nitrogens with one attached hydrogen (secondary N) is 1. The third kappa shape index (κ3) is 6.05. The minimum absolute atomic E-state index is 0.115. The van der Waals surface area contributed by atoms with E-state index >= 15 is 0 Å². The molecule has 0 unspecified atom stereocenters. The van der Waals surface area contributed by atoms with Crippen molar-refractivity contribution in [3.05, 3.63) is 0 Å². The summed E-state index contributed by atoms with van der Waals surface area (Å²) < 4.78 is 0. The monoisotopic (exact) mass is 157 g/mol. The lowest BCUT2D eigenvalue weighted by Crippen LogP contribution is -2.39. The van der Waals surface area contributed by atoms with Gasteiger partial charge in [0.2, 0.25) is 0 Å². The molecule has 0 aromatic rings. The van der Waals surface area contributed by atoms with Gasteiger partial charge in [-0.2, -0.15) is 0 Å². The van der Waals surface area contributed by atoms with Crippen LogP contribution in [0.4, 0.5) is 0 Å². The standard InChI is InChI=1S/C9H19NO/c1-7(8(2)11)6-10-9(3,4)5/h7,10H,6H2,1-5H3/t7-/m0/s1. The highest BCUT2D eigenvalue weighted by Gasteiger charge is 2.12. The second-order valence-corrected chi connectivity index (χ2v) is 4.14. The van der Waals surface area contributed by atoms with Crippen molar-refractivity contribution < 1.29 is 4.79 Å². The van der Waals surface area contributed by atoms with E-state index in [0.717, 1.165) is 6.54 Å². The number of carbonyl (C=O) groups is 1. The topological polar surface area (TPSA) is 29.1 Å². The van der Waals surface area contributed by atoms with Crippen LogP contribution in [0.3, 0.4) is 0 Å². The molecule has 0 saturated carbocycles. The molecule has 2 heteroatoms. The van der Waals surface area contributed by atoms with Gasteiger partial charge in [0.05, 0.1) is 0 Å². The van der Waals surface area contributed by atoms with Crippen LogP contribution in [0, 0.1) is 5.92 Å². The molecule has 1 atom stereocenters. The summed E-state index contributed by atoms with van der Waals surface area (Å²) in [6, 6.07) is 0. The third-order valence-corrected chi connectivity index (χ3v) is 1.63. The molecule has 0 spiro atoms. The van der Waals surface area contributed by atoms with E-state index in [-0.39, 0.29) is 17.2 Å². The van der Waals surface area contributed by atoms with Crippen LogP contribution in [-0.2, 0) is 4.79 Å². The highest BCUT2D eigenvalue weighted by Crippen LogP contribution is 2.01. The Balaban J connectivity index is 3.63. The molecule has 0 rings (SSSR count). The van der Waals surface area contributed by atoms with Crippen molar-refractivity contribution in [1.82, 2.24) is 5.32 Å². The molecule has 11 heavy (non-hydrogen) atoms. The highest BCUT2D eigenvalue weighted by atomic mass is 16.1. The van der Waals surface area contributed by atoms with Crippen molar-refractivity contribution in [1.29, 1.82) is 0 Å². The first-order valence-electron chi connectivity index (χ1n) is 4.08. The van der Waals surface area contributed by atoms with E-state index in [1.807, 2.05) is 6.92 Å². The van der Waals surface area contributed by atoms with Gasteiger partial charge in [-0.05, 0) is 27.7 Å². The second-order valence-electron chi connectivity index (χ2n) is 4.14. The predicted molar refractivity (Wildman–Crippen MR) is 47.6 cm³/mol. The van der Waals surface area contributed by atoms with E-state index in [0.29, 0.717) is 0 Å². The van der Waals surface area contributed by atoms with Crippen molar-refractivity contribution in [2.45, 2.75) is 40.2 Å². The molecule has 0 heterocycles. The second kappa shape index (κ2) is 3.86. The summed E-state index contributed by atoms with van der Waals surface area (Å²) in [5.74, 6) is 0.385. The summed E-state index contributed by atoms with van der Waals surface area (Å²) in [6.07, 6.45) is 0. The van der Waals surface area contributed by atoms with Gasteiger partial charge in [0.1, 0.15) is 5.78 Å². The van der Waals surface area contributed by atoms with Gasteiger partial charge in [0.15, 0.2) is 0 Å². The molecule has 0 bridgehead atoms. The van der Waals surface area contributed by atoms with E-state index in [1.165, 1.54) is 0 Å². The van der Waals surface area contributed by atoms with Gasteiger partial charge in [-0.15, -0.1) is 0 Å². The van der Waals surface area contributed by atoms with E-state index in [9.17, 15) is 4.79 Å². The minimum Gasteiger partial charge on any atom is -0.311 e. The third-order valence-electron chi connectivity index (χ3n) is 1.63. The van der Waals surface area contributed by atoms with Crippen LogP contribution in [0.25, 0.3) is 0 Å². The normalized spacial score (nSPS) is 14.6. The predicted octanol–water partition coefficient (Wildman–Crippen LogP) is 1.60. The van der Waals surface area contributed by atoms with Crippen LogP contribution in [0.1, 0.15) is 34.6 Å². The molecule has 0 aliphatic carbocycles. The first-order chi connectivity index (χ1) is 4.83. The van der Waals surface area contributed by atoms with Gasteiger partial charge in [0.25, 0.3) is 0 Å². The molecule has 0 aliphatic rings. The number of hydrogen-bond acceptors (Lipinski definition) is 2. The van der Waals surface area contributed by atoms with Gasteiger partial charge in [-0.1, -0.05) is 6.92 Å². The molecule has 0 aromatic heterocycles. The molecule has 0 radical (unpaired) electrons. The maximum atomic E-state index is 10.8. The first-order valence-corrected chi connectivity index (χ1v) is 4.08. The Morgan fingerprint density at radius 1 is 1.45 bits per heavy atom. The molecule has 0 amide bonds. The minimum atomic E-state index is 0.115. The number of hydrogen-bond donors (Lipinski definition) is 1. The van der Waals surface area contributed by atoms with Crippen LogP contribution < -0.4 is 5.32 Å². The number of rotatable bonds is 3. The quantitative estimate of drug-likeness (QED) is 0.674. The Hall–Kier alpha value is -0.370. The van der Waals surface area contributed by atoms with Gasteiger partial charge in [-0.25, -0.2) is 0 Å². The molecular formula is C9H19NO. The zero-order valence-corrected chi connectivity index (χ0v) is 8.19. The average molecular weight is 157 g/mol. The van der Waals surface area contributed by atoms with Crippen LogP contribution >= 0.6 is 0 Å². The van der Waals surface area contributed by atoms with Crippen molar-refractivity contribution in [3.8, 4) is 0 Å². The molecular weight excluding hydrogens is 138 g/mol. The fraction of sp³-hybridized carbons (Fsp3) is 0.889. The summed E-state index contributed by atoms with van der Waals surface area (Å²) in [4.78, 5) is 10.8. The summed E-state index contributed by atoms with van der Waals surface area (Å²) in [6.45, 7) is 10.6. The lowest BCUT2D eigenvalue weighted by Gasteiger charge is -2.22. The molecule has 2 nitrogen and oxygen atoms in total. The fourth-order valence-electron chi connectivity index (χ4n) is 0.603. The zero-order chi connectivity index (χ0) is 9.07. The van der Waals surface area contributed by atoms with Crippen LogP contribution in [-0.4, -0.2) is 17.9 Å². The smallest absolute Gasteiger partial charge is 0.133 e. The number of ketones is 1. The molecule has 0 aromatic carbocycles. The van der Waals surface area contributed by atoms with Gasteiger partial charge in [0, 0.05) is 18.0 Å². The Morgan fingerprint density at radius 2 is 1.91 bits per heavy atom. The van der Waals surface area contributed by atoms with Gasteiger partial charge < -0.3 is 5.32 Å². The number of Topliss-reactive ketones (excluding diaryl/α,β-unsaturated/α-hetero) is 1. The summed E-state index contributed by atoms with van der Waals surface area (Å²) in [5, 5.41) is 3.28. The van der Waals surface area contributed by atoms with Crippen LogP contribution in [0.15, 0.2) is 0 Å². The molecule has 0 aliphatic heterocycles. The molecule has 66 valence electrons. The zero-order valence-electron chi connectivity index (χ0n) is 8.19. The SMILES string of the molecule is CC(=O)[C@@H](C)CNC(C)(C)C. The average Bonchev–Trinajstić information content (AvgIpc) is 1.80. The Labute approximate surface area is 69.4 Å². The van der Waals surface area contributed by atoms with E-state index in [4.69, 9.17) is 0 Å². The fourth-order valence-corrected chi connectivity index (χ4v) is 0.603. The summed E-state index contributed by atoms with van der Waals surface area (Å²) in [5.41, 5.74) is 0.115. The Kier molecular flexibility index (Phi) is 3.73. The maximum absolute atomic E-state index is 10.8. The lowest BCUT2D eigenvalue weighted by atomic mass is 10.0. The van der Waals surface area contributed by atoms with Crippen molar-refractivity contribution in [3.63, 3.8) is 0 Å². The van der Waals surface area contributed by atoms with Crippen LogP contribution in [0.5, 0.6) is 0 Å². The largest absolute Gasteiger partial charge is 0.311 e. The molecule has 0 fully saturated rings. The van der Waals surface area contributed by atoms with Crippen molar-refractivity contribution in [2.24, 2.45) is 5.92 Å². The maximum Gasteiger partial charge on any atom is 0.133 e. The van der Waals surface area contributed by atoms with Crippen molar-refractivity contribution >= 4 is 5.78 Å². The first kappa shape index (κ1) is 10.6.